The van der Waals surface area contributed by atoms with Crippen LogP contribution in [0.5, 0.6) is 0 Å². The molecule has 18 heavy (non-hydrogen) atoms. The predicted octanol–water partition coefficient (Wildman–Crippen LogP) is 1.09. The van der Waals surface area contributed by atoms with E-state index in [1.807, 2.05) is 0 Å². The first-order chi connectivity index (χ1) is 7.96. The van der Waals surface area contributed by atoms with Gasteiger partial charge in [-0.1, -0.05) is 6.92 Å². The van der Waals surface area contributed by atoms with Crippen LogP contribution in [0.15, 0.2) is 0 Å². The maximum Gasteiger partial charge on any atom is 0.417 e. The molecule has 0 aromatic rings. The zero-order valence-corrected chi connectivity index (χ0v) is 10.1. The van der Waals surface area contributed by atoms with Crippen molar-refractivity contribution >= 4 is 17.5 Å². The fourth-order valence-corrected chi connectivity index (χ4v) is 1.02. The molecule has 2 N–H and O–H groups in total. The van der Waals surface area contributed by atoms with Crippen LogP contribution in [-0.2, 0) is 14.3 Å². The standard InChI is InChI=1S/C10H14F3NO4/c1-4-18-8(16)6(14)7(15)5(2)9(3,17)10(11,12)13/h5,14,17H,4H2,1-3H3/t5-,9+/m0/s1. The third kappa shape index (κ3) is 3.28. The van der Waals surface area contributed by atoms with E-state index in [0.29, 0.717) is 6.92 Å². The van der Waals surface area contributed by atoms with E-state index in [2.05, 4.69) is 4.74 Å². The summed E-state index contributed by atoms with van der Waals surface area (Å²) in [6.45, 7) is 2.51. The minimum atomic E-state index is -5.04. The monoisotopic (exact) mass is 269 g/mol. The van der Waals surface area contributed by atoms with Gasteiger partial charge in [0.1, 0.15) is 0 Å². The minimum absolute atomic E-state index is 0.113. The van der Waals surface area contributed by atoms with Crippen molar-refractivity contribution in [1.82, 2.24) is 0 Å². The molecule has 8 heteroatoms. The summed E-state index contributed by atoms with van der Waals surface area (Å²) in [5.74, 6) is -4.71. The van der Waals surface area contributed by atoms with Crippen molar-refractivity contribution in [2.75, 3.05) is 6.61 Å². The SMILES string of the molecule is CCOC(=O)C(=N)C(=O)[C@H](C)[C@@](C)(O)C(F)(F)F. The van der Waals surface area contributed by atoms with Gasteiger partial charge in [-0.15, -0.1) is 0 Å². The maximum atomic E-state index is 12.5. The van der Waals surface area contributed by atoms with Gasteiger partial charge in [0, 0.05) is 0 Å². The summed E-state index contributed by atoms with van der Waals surface area (Å²) >= 11 is 0. The molecule has 0 unspecified atom stereocenters. The molecular weight excluding hydrogens is 255 g/mol. The number of hydrogen-bond donors (Lipinski definition) is 2. The Morgan fingerprint density at radius 3 is 2.17 bits per heavy atom. The molecule has 0 spiro atoms. The van der Waals surface area contributed by atoms with Crippen LogP contribution >= 0.6 is 0 Å². The van der Waals surface area contributed by atoms with E-state index in [4.69, 9.17) is 5.41 Å². The lowest BCUT2D eigenvalue weighted by molar-refractivity contribution is -0.266. The Morgan fingerprint density at radius 1 is 1.39 bits per heavy atom. The highest BCUT2D eigenvalue weighted by Crippen LogP contribution is 2.36. The van der Waals surface area contributed by atoms with Crippen LogP contribution in [0.3, 0.4) is 0 Å². The molecule has 104 valence electrons. The highest BCUT2D eigenvalue weighted by molar-refractivity contribution is 6.63. The molecule has 0 rings (SSSR count). The molecule has 0 saturated carbocycles. The van der Waals surface area contributed by atoms with Gasteiger partial charge in [0.05, 0.1) is 12.5 Å². The quantitative estimate of drug-likeness (QED) is 0.444. The lowest BCUT2D eigenvalue weighted by atomic mass is 9.85. The summed E-state index contributed by atoms with van der Waals surface area (Å²) in [7, 11) is 0. The highest BCUT2D eigenvalue weighted by atomic mass is 19.4. The van der Waals surface area contributed by atoms with Crippen LogP contribution in [0.1, 0.15) is 20.8 Å². The summed E-state index contributed by atoms with van der Waals surface area (Å²) in [5.41, 5.74) is -4.53. The normalized spacial score (nSPS) is 16.6. The summed E-state index contributed by atoms with van der Waals surface area (Å²) < 4.78 is 41.7. The number of alkyl halides is 3. The molecule has 0 aliphatic rings. The average Bonchev–Trinajstić information content (AvgIpc) is 2.24. The molecule has 2 atom stereocenters. The number of halogens is 3. The lowest BCUT2D eigenvalue weighted by Crippen LogP contribution is -2.52. The number of esters is 1. The molecule has 0 aliphatic carbocycles. The third-order valence-electron chi connectivity index (χ3n) is 2.54. The minimum Gasteiger partial charge on any atom is -0.461 e. The van der Waals surface area contributed by atoms with Crippen LogP contribution in [0.4, 0.5) is 13.2 Å². The van der Waals surface area contributed by atoms with Crippen molar-refractivity contribution in [2.24, 2.45) is 5.92 Å². The number of Topliss-reactive ketones (excluding diaryl/α,β-unsaturated/α-hetero) is 1. The van der Waals surface area contributed by atoms with Crippen LogP contribution in [0.2, 0.25) is 0 Å². The van der Waals surface area contributed by atoms with Crippen LogP contribution < -0.4 is 0 Å². The number of carbonyl (C=O) groups excluding carboxylic acids is 2. The van der Waals surface area contributed by atoms with E-state index in [0.717, 1.165) is 6.92 Å². The van der Waals surface area contributed by atoms with Gasteiger partial charge in [0.2, 0.25) is 0 Å². The van der Waals surface area contributed by atoms with Gasteiger partial charge in [-0.25, -0.2) is 4.79 Å². The third-order valence-corrected chi connectivity index (χ3v) is 2.54. The van der Waals surface area contributed by atoms with E-state index >= 15 is 0 Å². The van der Waals surface area contributed by atoms with Crippen molar-refractivity contribution in [3.63, 3.8) is 0 Å². The fourth-order valence-electron chi connectivity index (χ4n) is 1.02. The van der Waals surface area contributed by atoms with Crippen molar-refractivity contribution < 1.29 is 32.6 Å². The first-order valence-corrected chi connectivity index (χ1v) is 5.05. The van der Waals surface area contributed by atoms with Crippen LogP contribution in [0, 0.1) is 11.3 Å². The van der Waals surface area contributed by atoms with Gasteiger partial charge in [-0.05, 0) is 13.8 Å². The number of rotatable bonds is 5. The summed E-state index contributed by atoms with van der Waals surface area (Å²) in [5, 5.41) is 16.4. The molecule has 0 heterocycles. The van der Waals surface area contributed by atoms with E-state index < -0.39 is 35.2 Å². The summed E-state index contributed by atoms with van der Waals surface area (Å²) in [6, 6.07) is 0. The Hall–Kier alpha value is -1.44. The lowest BCUT2D eigenvalue weighted by Gasteiger charge is -2.31. The molecule has 0 fully saturated rings. The Kier molecular flexibility index (Phi) is 5.03. The van der Waals surface area contributed by atoms with E-state index in [1.54, 1.807) is 0 Å². The average molecular weight is 269 g/mol. The molecular formula is C10H14F3NO4. The Balaban J connectivity index is 5.02. The second kappa shape index (κ2) is 5.47. The first kappa shape index (κ1) is 16.6. The molecule has 0 aromatic heterocycles. The summed E-state index contributed by atoms with van der Waals surface area (Å²) in [4.78, 5) is 22.5. The molecule has 5 nitrogen and oxygen atoms in total. The van der Waals surface area contributed by atoms with E-state index in [1.165, 1.54) is 6.92 Å². The zero-order chi connectivity index (χ0) is 14.7. The predicted molar refractivity (Wildman–Crippen MR) is 55.2 cm³/mol. The number of ether oxygens (including phenoxy) is 1. The van der Waals surface area contributed by atoms with Crippen molar-refractivity contribution in [2.45, 2.75) is 32.5 Å². The number of aliphatic hydroxyl groups is 1. The molecule has 0 saturated heterocycles. The van der Waals surface area contributed by atoms with Gasteiger partial charge >= 0.3 is 12.1 Å². The van der Waals surface area contributed by atoms with Crippen molar-refractivity contribution in [3.05, 3.63) is 0 Å². The molecule has 0 radical (unpaired) electrons. The fraction of sp³-hybridized carbons (Fsp3) is 0.700. The number of nitrogens with one attached hydrogen (secondary N) is 1. The molecule has 0 aromatic carbocycles. The Bertz CT molecular complexity index is 363. The van der Waals surface area contributed by atoms with Crippen molar-refractivity contribution in [3.8, 4) is 0 Å². The Labute approximate surface area is 101 Å². The van der Waals surface area contributed by atoms with Crippen molar-refractivity contribution in [1.29, 1.82) is 5.41 Å². The summed E-state index contributed by atoms with van der Waals surface area (Å²) in [6.07, 6.45) is -5.04. The van der Waals surface area contributed by atoms with E-state index in [9.17, 15) is 27.9 Å². The van der Waals surface area contributed by atoms with Gasteiger partial charge in [-0.2, -0.15) is 13.2 Å². The largest absolute Gasteiger partial charge is 0.461 e. The Morgan fingerprint density at radius 2 is 1.83 bits per heavy atom. The van der Waals surface area contributed by atoms with Crippen LogP contribution in [-0.4, -0.2) is 41.0 Å². The molecule has 0 bridgehead atoms. The van der Waals surface area contributed by atoms with Gasteiger partial charge in [-0.3, -0.25) is 10.2 Å². The second-order valence-electron chi connectivity index (χ2n) is 3.83. The maximum absolute atomic E-state index is 12.5. The first-order valence-electron chi connectivity index (χ1n) is 5.05. The smallest absolute Gasteiger partial charge is 0.417 e. The zero-order valence-electron chi connectivity index (χ0n) is 10.1. The van der Waals surface area contributed by atoms with E-state index in [-0.39, 0.29) is 6.61 Å². The van der Waals surface area contributed by atoms with Gasteiger partial charge < -0.3 is 9.84 Å². The highest BCUT2D eigenvalue weighted by Gasteiger charge is 2.56. The van der Waals surface area contributed by atoms with Crippen LogP contribution in [0.25, 0.3) is 0 Å². The van der Waals surface area contributed by atoms with Gasteiger partial charge in [0.15, 0.2) is 17.1 Å². The number of ketones is 1. The van der Waals surface area contributed by atoms with Gasteiger partial charge in [0.25, 0.3) is 0 Å². The number of hydrogen-bond acceptors (Lipinski definition) is 5. The second-order valence-corrected chi connectivity index (χ2v) is 3.83. The number of carbonyl (C=O) groups is 2. The molecule has 0 aliphatic heterocycles. The molecule has 0 amide bonds. The topological polar surface area (TPSA) is 87.5 Å².